The van der Waals surface area contributed by atoms with Gasteiger partial charge in [-0.05, 0) is 23.6 Å². The minimum atomic E-state index is -1.29. The quantitative estimate of drug-likeness (QED) is 0.136. The molecule has 0 unspecified atom stereocenters. The number of hydrogen-bond donors (Lipinski definition) is 3. The molecule has 226 valence electrons. The van der Waals surface area contributed by atoms with E-state index in [2.05, 4.69) is 11.9 Å². The summed E-state index contributed by atoms with van der Waals surface area (Å²) in [5, 5.41) is 24.5. The number of esters is 1. The van der Waals surface area contributed by atoms with E-state index in [-0.39, 0.29) is 32.8 Å². The predicted molar refractivity (Wildman–Crippen MR) is 161 cm³/mol. The van der Waals surface area contributed by atoms with Crippen molar-refractivity contribution in [2.75, 3.05) is 19.8 Å². The molecule has 3 N–H and O–H groups in total. The van der Waals surface area contributed by atoms with Gasteiger partial charge < -0.3 is 34.5 Å². The van der Waals surface area contributed by atoms with Crippen molar-refractivity contribution >= 4 is 5.97 Å². The summed E-state index contributed by atoms with van der Waals surface area (Å²) in [6.45, 7) is 6.21. The van der Waals surface area contributed by atoms with Crippen LogP contribution in [0.3, 0.4) is 0 Å². The second-order valence-electron chi connectivity index (χ2n) is 9.85. The molecule has 0 aliphatic rings. The number of ether oxygens (including phenoxy) is 4. The van der Waals surface area contributed by atoms with Gasteiger partial charge in [-0.2, -0.15) is 0 Å². The topological polar surface area (TPSA) is 106 Å². The van der Waals surface area contributed by atoms with E-state index < -0.39 is 43.0 Å². The highest BCUT2D eigenvalue weighted by Gasteiger charge is 2.41. The van der Waals surface area contributed by atoms with Crippen molar-refractivity contribution in [3.8, 4) is 0 Å². The Hall–Kier alpha value is -3.37. The zero-order chi connectivity index (χ0) is 30.0. The number of carbonyl (C=O) groups excluding carboxylic acids is 1. The van der Waals surface area contributed by atoms with E-state index in [1.807, 2.05) is 91.0 Å². The molecule has 3 rings (SSSR count). The summed E-state index contributed by atoms with van der Waals surface area (Å²) in [5.74, 6) is -0.404. The Bertz CT molecular complexity index is 1150. The van der Waals surface area contributed by atoms with Gasteiger partial charge in [0.25, 0.3) is 0 Å². The molecule has 3 aromatic carbocycles. The van der Waals surface area contributed by atoms with Crippen molar-refractivity contribution in [2.24, 2.45) is 0 Å². The third kappa shape index (κ3) is 11.1. The summed E-state index contributed by atoms with van der Waals surface area (Å²) in [7, 11) is 0. The number of hydrogen-bond acceptors (Lipinski definition) is 8. The average molecular weight is 578 g/mol. The van der Waals surface area contributed by atoms with Crippen molar-refractivity contribution in [3.05, 3.63) is 120 Å². The van der Waals surface area contributed by atoms with Crippen LogP contribution in [0.15, 0.2) is 104 Å². The van der Waals surface area contributed by atoms with Gasteiger partial charge in [0, 0.05) is 12.6 Å². The molecule has 0 aliphatic heterocycles. The summed E-state index contributed by atoms with van der Waals surface area (Å²) >= 11 is 0. The normalized spacial score (nSPS) is 14.8. The summed E-state index contributed by atoms with van der Waals surface area (Å²) < 4.78 is 24.6. The van der Waals surface area contributed by atoms with Crippen molar-refractivity contribution in [2.45, 2.75) is 63.6 Å². The molecule has 0 saturated heterocycles. The fourth-order valence-corrected chi connectivity index (χ4v) is 4.58. The second kappa shape index (κ2) is 18.9. The van der Waals surface area contributed by atoms with E-state index in [9.17, 15) is 15.0 Å². The van der Waals surface area contributed by atoms with E-state index in [1.165, 1.54) is 0 Å². The number of benzene rings is 3. The van der Waals surface area contributed by atoms with Crippen LogP contribution in [0.2, 0.25) is 0 Å². The molecule has 0 bridgehead atoms. The average Bonchev–Trinajstić information content (AvgIpc) is 3.03. The van der Waals surface area contributed by atoms with Crippen LogP contribution in [-0.4, -0.2) is 66.4 Å². The molecule has 3 aromatic rings. The van der Waals surface area contributed by atoms with Crippen LogP contribution in [0.1, 0.15) is 30.0 Å². The number of aliphatic hydroxyl groups excluding tert-OH is 2. The number of aliphatic hydroxyl groups is 2. The monoisotopic (exact) mass is 577 g/mol. The first kappa shape index (κ1) is 33.1. The maximum Gasteiger partial charge on any atom is 0.307 e. The Morgan fingerprint density at radius 1 is 0.786 bits per heavy atom. The maximum atomic E-state index is 12.8. The predicted octanol–water partition coefficient (Wildman–Crippen LogP) is 4.19. The molecule has 0 amide bonds. The zero-order valence-corrected chi connectivity index (χ0v) is 24.2. The lowest BCUT2D eigenvalue weighted by Gasteiger charge is -2.39. The Morgan fingerprint density at radius 3 is 1.67 bits per heavy atom. The van der Waals surface area contributed by atoms with Crippen LogP contribution < -0.4 is 5.32 Å². The molecule has 5 atom stereocenters. The Labute approximate surface area is 248 Å². The zero-order valence-electron chi connectivity index (χ0n) is 24.2. The Balaban J connectivity index is 2.02. The SMILES string of the molecule is C=CCN[C@H](CC(=O)OCC)[C@H](OCc1ccccc1)[C@@H](OCc1ccccc1)[C@H](OCc1ccccc1)[C@H](O)CO. The summed E-state index contributed by atoms with van der Waals surface area (Å²) in [4.78, 5) is 12.8. The van der Waals surface area contributed by atoms with Crippen LogP contribution >= 0.6 is 0 Å². The van der Waals surface area contributed by atoms with Crippen LogP contribution in [0.4, 0.5) is 0 Å². The van der Waals surface area contributed by atoms with Gasteiger partial charge in [0.1, 0.15) is 24.4 Å². The molecule has 0 saturated carbocycles. The van der Waals surface area contributed by atoms with E-state index in [0.717, 1.165) is 16.7 Å². The highest BCUT2D eigenvalue weighted by atomic mass is 16.6. The number of carbonyl (C=O) groups is 1. The lowest BCUT2D eigenvalue weighted by Crippen LogP contribution is -2.57. The lowest BCUT2D eigenvalue weighted by atomic mass is 9.94. The largest absolute Gasteiger partial charge is 0.466 e. The highest BCUT2D eigenvalue weighted by molar-refractivity contribution is 5.70. The maximum absolute atomic E-state index is 12.8. The van der Waals surface area contributed by atoms with Crippen molar-refractivity contribution in [1.29, 1.82) is 0 Å². The number of rotatable bonds is 20. The molecule has 8 heteroatoms. The standard InChI is InChI=1S/C34H43NO7/c1-3-20-35-29(21-31(38)39-4-2)32(40-23-26-14-8-5-9-15-26)34(42-25-28-18-12-7-13-19-28)33(30(37)22-36)41-24-27-16-10-6-11-17-27/h3,5-19,29-30,32-37H,1,4,20-25H2,2H3/t29-,30-,32+,33-,34-/m1/s1. The lowest BCUT2D eigenvalue weighted by molar-refractivity contribution is -0.191. The minimum Gasteiger partial charge on any atom is -0.466 e. The second-order valence-corrected chi connectivity index (χ2v) is 9.85. The summed E-state index contributed by atoms with van der Waals surface area (Å²) in [6.07, 6.45) is -2.34. The first-order chi connectivity index (χ1) is 20.5. The third-order valence-corrected chi connectivity index (χ3v) is 6.68. The molecule has 42 heavy (non-hydrogen) atoms. The molecular formula is C34H43NO7. The molecule has 8 nitrogen and oxygen atoms in total. The van der Waals surface area contributed by atoms with Gasteiger partial charge in [-0.1, -0.05) is 97.1 Å². The van der Waals surface area contributed by atoms with Crippen LogP contribution in [-0.2, 0) is 43.6 Å². The molecule has 0 fully saturated rings. The van der Waals surface area contributed by atoms with Gasteiger partial charge in [-0.25, -0.2) is 0 Å². The first-order valence-electron chi connectivity index (χ1n) is 14.3. The van der Waals surface area contributed by atoms with Gasteiger partial charge in [0.2, 0.25) is 0 Å². The van der Waals surface area contributed by atoms with Crippen molar-refractivity contribution < 1.29 is 34.0 Å². The molecule has 0 aliphatic carbocycles. The molecule has 0 spiro atoms. The van der Waals surface area contributed by atoms with Crippen LogP contribution in [0.5, 0.6) is 0 Å². The van der Waals surface area contributed by atoms with Gasteiger partial charge in [-0.15, -0.1) is 6.58 Å². The first-order valence-corrected chi connectivity index (χ1v) is 14.3. The van der Waals surface area contributed by atoms with E-state index >= 15 is 0 Å². The number of nitrogens with one attached hydrogen (secondary N) is 1. The summed E-state index contributed by atoms with van der Waals surface area (Å²) in [5.41, 5.74) is 2.72. The van der Waals surface area contributed by atoms with Crippen molar-refractivity contribution in [3.63, 3.8) is 0 Å². The van der Waals surface area contributed by atoms with Crippen molar-refractivity contribution in [1.82, 2.24) is 5.32 Å². The van der Waals surface area contributed by atoms with Gasteiger partial charge in [0.15, 0.2) is 0 Å². The van der Waals surface area contributed by atoms with Crippen LogP contribution in [0, 0.1) is 0 Å². The van der Waals surface area contributed by atoms with Crippen LogP contribution in [0.25, 0.3) is 0 Å². The Kier molecular flexibility index (Phi) is 14.9. The van der Waals surface area contributed by atoms with Gasteiger partial charge >= 0.3 is 5.97 Å². The van der Waals surface area contributed by atoms with Gasteiger partial charge in [-0.3, -0.25) is 4.79 Å². The van der Waals surface area contributed by atoms with E-state index in [1.54, 1.807) is 13.0 Å². The fourth-order valence-electron chi connectivity index (χ4n) is 4.58. The molecular weight excluding hydrogens is 534 g/mol. The highest BCUT2D eigenvalue weighted by Crippen LogP contribution is 2.24. The smallest absolute Gasteiger partial charge is 0.307 e. The van der Waals surface area contributed by atoms with E-state index in [0.29, 0.717) is 6.54 Å². The molecule has 0 aromatic heterocycles. The Morgan fingerprint density at radius 2 is 1.24 bits per heavy atom. The van der Waals surface area contributed by atoms with E-state index in [4.69, 9.17) is 18.9 Å². The third-order valence-electron chi connectivity index (χ3n) is 6.68. The van der Waals surface area contributed by atoms with Gasteiger partial charge in [0.05, 0.1) is 39.5 Å². The minimum absolute atomic E-state index is 0.0209. The fraction of sp³-hybridized carbons (Fsp3) is 0.382. The molecule has 0 radical (unpaired) electrons. The molecule has 0 heterocycles. The summed E-state index contributed by atoms with van der Waals surface area (Å²) in [6, 6.07) is 28.2.